The second kappa shape index (κ2) is 7.44. The maximum atomic E-state index is 12.2. The lowest BCUT2D eigenvalue weighted by Gasteiger charge is -2.29. The van der Waals surface area contributed by atoms with E-state index in [-0.39, 0.29) is 23.8 Å². The molecule has 0 aliphatic carbocycles. The zero-order valence-corrected chi connectivity index (χ0v) is 13.7. The summed E-state index contributed by atoms with van der Waals surface area (Å²) in [6.07, 6.45) is 2.70. The van der Waals surface area contributed by atoms with E-state index < -0.39 is 0 Å². The summed E-state index contributed by atoms with van der Waals surface area (Å²) in [7, 11) is 1.68. The van der Waals surface area contributed by atoms with Gasteiger partial charge in [-0.05, 0) is 24.2 Å². The van der Waals surface area contributed by atoms with Crippen molar-refractivity contribution in [3.63, 3.8) is 0 Å². The molecule has 0 spiro atoms. The third-order valence-corrected chi connectivity index (χ3v) is 4.34. The number of carbonyl (C=O) groups is 2. The Kier molecular flexibility index (Phi) is 6.19. The van der Waals surface area contributed by atoms with E-state index in [1.54, 1.807) is 11.9 Å². The van der Waals surface area contributed by atoms with Gasteiger partial charge in [0.15, 0.2) is 0 Å². The minimum atomic E-state index is -0.0900. The van der Waals surface area contributed by atoms with E-state index in [0.717, 1.165) is 12.8 Å². The van der Waals surface area contributed by atoms with E-state index >= 15 is 0 Å². The van der Waals surface area contributed by atoms with Crippen molar-refractivity contribution in [2.24, 2.45) is 11.3 Å². The number of amides is 2. The standard InChI is InChI=1S/C16H27N3O2/c1-16(2,3)13-6-7-14(20)19(11-8-13)12-15(21)18(4)10-5-9-17/h13H,5-8,10-12H2,1-4H3. The molecule has 1 unspecified atom stereocenters. The largest absolute Gasteiger partial charge is 0.343 e. The first kappa shape index (κ1) is 17.5. The number of carbonyl (C=O) groups excluding carboxylic acids is 2. The number of likely N-dealkylation sites (N-methyl/N-ethyl adjacent to an activating group) is 1. The molecule has 0 saturated carbocycles. The predicted molar refractivity (Wildman–Crippen MR) is 81.2 cm³/mol. The number of nitriles is 1. The summed E-state index contributed by atoms with van der Waals surface area (Å²) >= 11 is 0. The molecule has 5 nitrogen and oxygen atoms in total. The van der Waals surface area contributed by atoms with Gasteiger partial charge in [-0.1, -0.05) is 20.8 Å². The number of hydrogen-bond donors (Lipinski definition) is 0. The Hall–Kier alpha value is -1.57. The second-order valence-electron chi connectivity index (χ2n) is 6.93. The Bertz CT molecular complexity index is 420. The molecule has 0 N–H and O–H groups in total. The summed E-state index contributed by atoms with van der Waals surface area (Å²) in [5.41, 5.74) is 0.198. The van der Waals surface area contributed by atoms with Crippen molar-refractivity contribution >= 4 is 11.8 Å². The molecule has 0 aromatic rings. The van der Waals surface area contributed by atoms with Gasteiger partial charge >= 0.3 is 0 Å². The van der Waals surface area contributed by atoms with E-state index in [1.165, 1.54) is 4.90 Å². The van der Waals surface area contributed by atoms with Crippen LogP contribution in [-0.4, -0.2) is 48.3 Å². The molecule has 21 heavy (non-hydrogen) atoms. The molecule has 0 bridgehead atoms. The molecule has 0 aromatic carbocycles. The van der Waals surface area contributed by atoms with Gasteiger partial charge in [0, 0.05) is 26.6 Å². The van der Waals surface area contributed by atoms with E-state index in [0.29, 0.717) is 31.8 Å². The number of hydrogen-bond acceptors (Lipinski definition) is 3. The lowest BCUT2D eigenvalue weighted by Crippen LogP contribution is -2.41. The van der Waals surface area contributed by atoms with Crippen LogP contribution in [0.1, 0.15) is 46.5 Å². The lowest BCUT2D eigenvalue weighted by molar-refractivity contribution is -0.139. The predicted octanol–water partition coefficient (Wildman–Crippen LogP) is 2.03. The van der Waals surface area contributed by atoms with Gasteiger partial charge in [-0.2, -0.15) is 5.26 Å². The van der Waals surface area contributed by atoms with Gasteiger partial charge in [-0.25, -0.2) is 0 Å². The Labute approximate surface area is 127 Å². The van der Waals surface area contributed by atoms with Crippen LogP contribution in [0.2, 0.25) is 0 Å². The van der Waals surface area contributed by atoms with E-state index in [2.05, 4.69) is 20.8 Å². The maximum absolute atomic E-state index is 12.2. The van der Waals surface area contributed by atoms with Crippen LogP contribution in [-0.2, 0) is 9.59 Å². The van der Waals surface area contributed by atoms with Gasteiger partial charge < -0.3 is 9.80 Å². The molecular weight excluding hydrogens is 266 g/mol. The number of likely N-dealkylation sites (tertiary alicyclic amines) is 1. The molecule has 1 atom stereocenters. The monoisotopic (exact) mass is 293 g/mol. The van der Waals surface area contributed by atoms with Crippen molar-refractivity contribution in [3.05, 3.63) is 0 Å². The Balaban J connectivity index is 2.57. The molecule has 1 aliphatic heterocycles. The first-order valence-electron chi connectivity index (χ1n) is 7.64. The fourth-order valence-corrected chi connectivity index (χ4v) is 2.70. The summed E-state index contributed by atoms with van der Waals surface area (Å²) < 4.78 is 0. The topological polar surface area (TPSA) is 64.4 Å². The highest BCUT2D eigenvalue weighted by Crippen LogP contribution is 2.34. The molecule has 0 aromatic heterocycles. The minimum Gasteiger partial charge on any atom is -0.343 e. The van der Waals surface area contributed by atoms with E-state index in [9.17, 15) is 9.59 Å². The van der Waals surface area contributed by atoms with Crippen molar-refractivity contribution in [3.8, 4) is 6.07 Å². The normalized spacial score (nSPS) is 19.9. The second-order valence-corrected chi connectivity index (χ2v) is 6.93. The van der Waals surface area contributed by atoms with Crippen molar-refractivity contribution in [2.75, 3.05) is 26.7 Å². The lowest BCUT2D eigenvalue weighted by atomic mass is 9.77. The molecule has 5 heteroatoms. The zero-order chi connectivity index (χ0) is 16.0. The van der Waals surface area contributed by atoms with Crippen LogP contribution in [0, 0.1) is 22.7 Å². The van der Waals surface area contributed by atoms with Gasteiger partial charge in [0.2, 0.25) is 11.8 Å². The van der Waals surface area contributed by atoms with Crippen LogP contribution in [0.15, 0.2) is 0 Å². The molecule has 0 radical (unpaired) electrons. The first-order valence-corrected chi connectivity index (χ1v) is 7.64. The Morgan fingerprint density at radius 1 is 1.43 bits per heavy atom. The fraction of sp³-hybridized carbons (Fsp3) is 0.812. The van der Waals surface area contributed by atoms with Gasteiger partial charge in [-0.3, -0.25) is 9.59 Å². The van der Waals surface area contributed by atoms with Crippen LogP contribution >= 0.6 is 0 Å². The van der Waals surface area contributed by atoms with Crippen molar-refractivity contribution < 1.29 is 9.59 Å². The van der Waals surface area contributed by atoms with Crippen molar-refractivity contribution in [2.45, 2.75) is 46.5 Å². The van der Waals surface area contributed by atoms with Gasteiger partial charge in [0.1, 0.15) is 0 Å². The van der Waals surface area contributed by atoms with Crippen LogP contribution in [0.25, 0.3) is 0 Å². The van der Waals surface area contributed by atoms with Crippen molar-refractivity contribution in [1.82, 2.24) is 9.80 Å². The molecular formula is C16H27N3O2. The summed E-state index contributed by atoms with van der Waals surface area (Å²) in [4.78, 5) is 27.4. The smallest absolute Gasteiger partial charge is 0.241 e. The van der Waals surface area contributed by atoms with Crippen LogP contribution in [0.4, 0.5) is 0 Å². The Morgan fingerprint density at radius 2 is 2.10 bits per heavy atom. The average molecular weight is 293 g/mol. The molecule has 1 rings (SSSR count). The number of rotatable bonds is 4. The van der Waals surface area contributed by atoms with Crippen LogP contribution in [0.3, 0.4) is 0 Å². The highest BCUT2D eigenvalue weighted by Gasteiger charge is 2.30. The molecule has 2 amide bonds. The van der Waals surface area contributed by atoms with Crippen LogP contribution in [0.5, 0.6) is 0 Å². The highest BCUT2D eigenvalue weighted by molar-refractivity contribution is 5.84. The highest BCUT2D eigenvalue weighted by atomic mass is 16.2. The van der Waals surface area contributed by atoms with Gasteiger partial charge in [0.25, 0.3) is 0 Å². The summed E-state index contributed by atoms with van der Waals surface area (Å²) in [5, 5.41) is 8.55. The number of nitrogens with zero attached hydrogens (tertiary/aromatic N) is 3. The summed E-state index contributed by atoms with van der Waals surface area (Å²) in [5.74, 6) is 0.495. The van der Waals surface area contributed by atoms with Crippen molar-refractivity contribution in [1.29, 1.82) is 5.26 Å². The van der Waals surface area contributed by atoms with Gasteiger partial charge in [-0.15, -0.1) is 0 Å². The zero-order valence-electron chi connectivity index (χ0n) is 13.7. The molecule has 1 saturated heterocycles. The molecule has 118 valence electrons. The van der Waals surface area contributed by atoms with Crippen LogP contribution < -0.4 is 0 Å². The summed E-state index contributed by atoms with van der Waals surface area (Å²) in [6, 6.07) is 2.02. The fourth-order valence-electron chi connectivity index (χ4n) is 2.70. The average Bonchev–Trinajstić information content (AvgIpc) is 2.58. The molecule has 1 aliphatic rings. The third kappa shape index (κ3) is 5.37. The quantitative estimate of drug-likeness (QED) is 0.796. The Morgan fingerprint density at radius 3 is 2.67 bits per heavy atom. The molecule has 1 heterocycles. The van der Waals surface area contributed by atoms with Gasteiger partial charge in [0.05, 0.1) is 19.0 Å². The third-order valence-electron chi connectivity index (χ3n) is 4.34. The van der Waals surface area contributed by atoms with E-state index in [1.807, 2.05) is 6.07 Å². The first-order chi connectivity index (χ1) is 9.75. The SMILES string of the molecule is CN(CCC#N)C(=O)CN1CCC(C(C)(C)C)CCC1=O. The minimum absolute atomic E-state index is 0.0729. The maximum Gasteiger partial charge on any atom is 0.241 e. The summed E-state index contributed by atoms with van der Waals surface area (Å²) in [6.45, 7) is 7.83. The molecule has 1 fully saturated rings. The van der Waals surface area contributed by atoms with E-state index in [4.69, 9.17) is 5.26 Å².